The molecule has 0 bridgehead atoms. The second kappa shape index (κ2) is 16.3. The van der Waals surface area contributed by atoms with E-state index in [1.54, 1.807) is 12.3 Å². The van der Waals surface area contributed by atoms with Crippen LogP contribution in [0.2, 0.25) is 0 Å². The second-order valence-electron chi connectivity index (χ2n) is 11.0. The van der Waals surface area contributed by atoms with E-state index < -0.39 is 17.8 Å². The Bertz CT molecular complexity index is 1590. The molecular formula is C30H39F3N10O4. The SMILES string of the molecule is CNC(=O)Nc1cc(C(F)(F)F)c(-c2nc(N3CCOCC3)c3cc(CNCCNC(=O)CCC(=O)/C=C/CN(C)C)cn3n2)cn1. The summed E-state index contributed by atoms with van der Waals surface area (Å²) in [4.78, 5) is 48.1. The lowest BCUT2D eigenvalue weighted by Gasteiger charge is -2.28. The third-order valence-corrected chi connectivity index (χ3v) is 7.06. The summed E-state index contributed by atoms with van der Waals surface area (Å²) in [5.41, 5.74) is 0.00959. The molecule has 4 N–H and O–H groups in total. The van der Waals surface area contributed by atoms with Gasteiger partial charge in [0.25, 0.3) is 0 Å². The topological polar surface area (TPSA) is 158 Å². The molecule has 0 aromatic carbocycles. The van der Waals surface area contributed by atoms with Crippen LogP contribution in [0.3, 0.4) is 0 Å². The van der Waals surface area contributed by atoms with Crippen molar-refractivity contribution in [3.8, 4) is 11.4 Å². The first-order chi connectivity index (χ1) is 22.4. The van der Waals surface area contributed by atoms with Gasteiger partial charge in [-0.25, -0.2) is 19.3 Å². The summed E-state index contributed by atoms with van der Waals surface area (Å²) in [7, 11) is 5.13. The van der Waals surface area contributed by atoms with Crippen molar-refractivity contribution < 1.29 is 32.3 Å². The zero-order valence-electron chi connectivity index (χ0n) is 26.5. The number of halogens is 3. The minimum atomic E-state index is -4.78. The molecule has 0 radical (unpaired) electrons. The second-order valence-corrected chi connectivity index (χ2v) is 11.0. The van der Waals surface area contributed by atoms with Crippen LogP contribution in [0.1, 0.15) is 24.0 Å². The van der Waals surface area contributed by atoms with Gasteiger partial charge in [0.2, 0.25) is 5.91 Å². The number of hydrogen-bond donors (Lipinski definition) is 4. The molecule has 0 atom stereocenters. The molecule has 14 nitrogen and oxygen atoms in total. The first-order valence-corrected chi connectivity index (χ1v) is 15.0. The molecular weight excluding hydrogens is 621 g/mol. The van der Waals surface area contributed by atoms with Crippen LogP contribution < -0.4 is 26.2 Å². The van der Waals surface area contributed by atoms with Crippen molar-refractivity contribution in [1.82, 2.24) is 40.4 Å². The average molecular weight is 661 g/mol. The summed E-state index contributed by atoms with van der Waals surface area (Å²) in [5, 5.41) is 15.0. The van der Waals surface area contributed by atoms with E-state index in [9.17, 15) is 27.6 Å². The maximum absolute atomic E-state index is 14.2. The molecule has 3 aromatic heterocycles. The molecule has 1 aliphatic heterocycles. The number of likely N-dealkylation sites (N-methyl/N-ethyl adjacent to an activating group) is 1. The number of fused-ring (bicyclic) bond motifs is 1. The lowest BCUT2D eigenvalue weighted by Crippen LogP contribution is -2.37. The van der Waals surface area contributed by atoms with Gasteiger partial charge in [-0.1, -0.05) is 6.08 Å². The highest BCUT2D eigenvalue weighted by Crippen LogP contribution is 2.37. The molecule has 0 saturated carbocycles. The number of anilines is 2. The minimum absolute atomic E-state index is 0.0974. The molecule has 1 aliphatic rings. The van der Waals surface area contributed by atoms with Crippen LogP contribution in [0.5, 0.6) is 0 Å². The molecule has 0 unspecified atom stereocenters. The lowest BCUT2D eigenvalue weighted by molar-refractivity contribution is -0.137. The number of amides is 3. The molecule has 0 spiro atoms. The van der Waals surface area contributed by atoms with Gasteiger partial charge in [0.05, 0.1) is 24.3 Å². The Morgan fingerprint density at radius 2 is 1.87 bits per heavy atom. The smallest absolute Gasteiger partial charge is 0.378 e. The van der Waals surface area contributed by atoms with Gasteiger partial charge in [-0.15, -0.1) is 5.10 Å². The van der Waals surface area contributed by atoms with Crippen LogP contribution in [-0.2, 0) is 27.0 Å². The van der Waals surface area contributed by atoms with Crippen LogP contribution in [0.4, 0.5) is 29.6 Å². The summed E-state index contributed by atoms with van der Waals surface area (Å²) < 4.78 is 49.6. The van der Waals surface area contributed by atoms with Crippen molar-refractivity contribution in [2.45, 2.75) is 25.6 Å². The van der Waals surface area contributed by atoms with Crippen molar-refractivity contribution >= 4 is 34.9 Å². The highest BCUT2D eigenvalue weighted by Gasteiger charge is 2.36. The van der Waals surface area contributed by atoms with Crippen molar-refractivity contribution in [2.24, 2.45) is 0 Å². The molecule has 4 heterocycles. The van der Waals surface area contributed by atoms with Crippen molar-refractivity contribution in [2.75, 3.05) is 77.3 Å². The van der Waals surface area contributed by atoms with E-state index in [0.29, 0.717) is 63.8 Å². The number of nitrogens with one attached hydrogen (secondary N) is 4. The minimum Gasteiger partial charge on any atom is -0.378 e. The largest absolute Gasteiger partial charge is 0.417 e. The summed E-state index contributed by atoms with van der Waals surface area (Å²) in [6.07, 6.45) is 1.39. The Hall–Kier alpha value is -4.61. The highest BCUT2D eigenvalue weighted by atomic mass is 19.4. The van der Waals surface area contributed by atoms with E-state index in [2.05, 4.69) is 36.3 Å². The van der Waals surface area contributed by atoms with E-state index >= 15 is 0 Å². The number of allylic oxidation sites excluding steroid dienone is 1. The van der Waals surface area contributed by atoms with Gasteiger partial charge < -0.3 is 30.5 Å². The number of hydrogen-bond acceptors (Lipinski definition) is 10. The Balaban J connectivity index is 1.46. The molecule has 4 rings (SSSR count). The maximum atomic E-state index is 14.2. The number of carbonyl (C=O) groups is 3. The zero-order valence-corrected chi connectivity index (χ0v) is 26.5. The van der Waals surface area contributed by atoms with E-state index in [0.717, 1.165) is 17.8 Å². The van der Waals surface area contributed by atoms with Gasteiger partial charge in [-0.05, 0) is 37.9 Å². The quantitative estimate of drug-likeness (QED) is 0.149. The fourth-order valence-corrected chi connectivity index (χ4v) is 4.70. The number of morpholine rings is 1. The number of ether oxygens (including phenoxy) is 1. The fraction of sp³-hybridized carbons (Fsp3) is 0.467. The number of alkyl halides is 3. The third kappa shape index (κ3) is 10.2. The van der Waals surface area contributed by atoms with Crippen LogP contribution in [0.15, 0.2) is 36.7 Å². The first-order valence-electron chi connectivity index (χ1n) is 15.0. The van der Waals surface area contributed by atoms with Crippen molar-refractivity contribution in [3.05, 3.63) is 47.8 Å². The highest BCUT2D eigenvalue weighted by molar-refractivity contribution is 5.92. The van der Waals surface area contributed by atoms with E-state index in [-0.39, 0.29) is 41.7 Å². The van der Waals surface area contributed by atoms with E-state index in [1.165, 1.54) is 17.6 Å². The summed E-state index contributed by atoms with van der Waals surface area (Å²) in [5.74, 6) is -0.344. The summed E-state index contributed by atoms with van der Waals surface area (Å²) in [6, 6.07) is 1.89. The Morgan fingerprint density at radius 1 is 1.11 bits per heavy atom. The Morgan fingerprint density at radius 3 is 2.57 bits per heavy atom. The van der Waals surface area contributed by atoms with E-state index in [1.807, 2.05) is 30.0 Å². The number of rotatable bonds is 14. The molecule has 3 aromatic rings. The molecule has 0 aliphatic carbocycles. The van der Waals surface area contributed by atoms with Crippen LogP contribution >= 0.6 is 0 Å². The van der Waals surface area contributed by atoms with Crippen molar-refractivity contribution in [1.29, 1.82) is 0 Å². The van der Waals surface area contributed by atoms with Gasteiger partial charge in [-0.2, -0.15) is 13.2 Å². The van der Waals surface area contributed by atoms with Crippen LogP contribution in [-0.4, -0.2) is 109 Å². The molecule has 1 fully saturated rings. The lowest BCUT2D eigenvalue weighted by atomic mass is 10.1. The van der Waals surface area contributed by atoms with Crippen LogP contribution in [0.25, 0.3) is 16.9 Å². The number of nitrogens with zero attached hydrogens (tertiary/aromatic N) is 6. The monoisotopic (exact) mass is 660 g/mol. The van der Waals surface area contributed by atoms with Gasteiger partial charge in [0, 0.05) is 71.6 Å². The number of ketones is 1. The van der Waals surface area contributed by atoms with E-state index in [4.69, 9.17) is 4.74 Å². The zero-order chi connectivity index (χ0) is 34.0. The third-order valence-electron chi connectivity index (χ3n) is 7.06. The molecule has 47 heavy (non-hydrogen) atoms. The van der Waals surface area contributed by atoms with Gasteiger partial charge in [-0.3, -0.25) is 14.9 Å². The van der Waals surface area contributed by atoms with Gasteiger partial charge >= 0.3 is 12.2 Å². The standard InChI is InChI=1S/C30H39F3N10O4/c1-34-29(46)38-25-16-23(30(31,32)33)22(18-37-25)27-39-28(42-11-13-47-14-12-42)24-15-20(19-43(24)40-27)17-35-8-9-36-26(45)7-6-21(44)5-4-10-41(2)3/h4-5,15-16,18-19,35H,6-14,17H2,1-3H3,(H,36,45)(H2,34,37,38,46)/b5-4+. The first kappa shape index (κ1) is 35.2. The summed E-state index contributed by atoms with van der Waals surface area (Å²) in [6.45, 7) is 3.67. The molecule has 17 heteroatoms. The summed E-state index contributed by atoms with van der Waals surface area (Å²) >= 11 is 0. The predicted molar refractivity (Wildman–Crippen MR) is 169 cm³/mol. The van der Waals surface area contributed by atoms with Crippen LogP contribution in [0, 0.1) is 0 Å². The van der Waals surface area contributed by atoms with Gasteiger partial charge in [0.15, 0.2) is 17.4 Å². The Labute approximate surface area is 269 Å². The molecule has 254 valence electrons. The predicted octanol–water partition coefficient (Wildman–Crippen LogP) is 2.07. The normalized spacial score (nSPS) is 13.8. The number of pyridine rings is 1. The number of carbonyl (C=O) groups excluding carboxylic acids is 3. The number of urea groups is 1. The fourth-order valence-electron chi connectivity index (χ4n) is 4.70. The van der Waals surface area contributed by atoms with Crippen molar-refractivity contribution in [3.63, 3.8) is 0 Å². The molecule has 3 amide bonds. The average Bonchev–Trinajstić information content (AvgIpc) is 3.45. The van der Waals surface area contributed by atoms with Gasteiger partial charge in [0.1, 0.15) is 11.3 Å². The molecule has 1 saturated heterocycles. The number of aromatic nitrogens is 4. The maximum Gasteiger partial charge on any atom is 0.417 e. The Kier molecular flexibility index (Phi) is 12.2.